The van der Waals surface area contributed by atoms with Gasteiger partial charge in [-0.25, -0.2) is 4.98 Å². The second-order valence-corrected chi connectivity index (χ2v) is 9.32. The van der Waals surface area contributed by atoms with Crippen molar-refractivity contribution in [3.63, 3.8) is 0 Å². The zero-order valence-corrected chi connectivity index (χ0v) is 21.3. The number of amides is 2. The molecule has 4 rings (SSSR count). The monoisotopic (exact) mass is 497 g/mol. The third kappa shape index (κ3) is 6.03. The molecule has 2 amide bonds. The average molecular weight is 498 g/mol. The summed E-state index contributed by atoms with van der Waals surface area (Å²) in [4.78, 5) is 38.4. The molecule has 0 aliphatic carbocycles. The summed E-state index contributed by atoms with van der Waals surface area (Å²) in [6, 6.07) is 5.44. The molecule has 0 bridgehead atoms. The van der Waals surface area contributed by atoms with E-state index >= 15 is 0 Å². The van der Waals surface area contributed by atoms with Gasteiger partial charge in [0.1, 0.15) is 11.4 Å². The summed E-state index contributed by atoms with van der Waals surface area (Å²) in [6.07, 6.45) is 3.82. The van der Waals surface area contributed by atoms with Gasteiger partial charge in [-0.2, -0.15) is 4.98 Å². The average Bonchev–Trinajstić information content (AvgIpc) is 3.03. The number of carbonyl (C=O) groups is 2. The summed E-state index contributed by atoms with van der Waals surface area (Å²) in [6.45, 7) is 4.99. The van der Waals surface area contributed by atoms with Gasteiger partial charge in [-0.15, -0.1) is 0 Å². The van der Waals surface area contributed by atoms with Crippen molar-refractivity contribution in [3.8, 4) is 5.75 Å². The lowest BCUT2D eigenvalue weighted by Crippen LogP contribution is -2.43. The predicted octanol–water partition coefficient (Wildman–Crippen LogP) is 2.24. The van der Waals surface area contributed by atoms with Gasteiger partial charge in [-0.1, -0.05) is 0 Å². The van der Waals surface area contributed by atoms with Crippen LogP contribution in [0.1, 0.15) is 36.5 Å². The Morgan fingerprint density at radius 2 is 2.03 bits per heavy atom. The largest absolute Gasteiger partial charge is 0.495 e. The smallest absolute Gasteiger partial charge is 0.251 e. The van der Waals surface area contributed by atoms with Crippen molar-refractivity contribution in [2.75, 3.05) is 63.0 Å². The summed E-state index contributed by atoms with van der Waals surface area (Å²) in [5.41, 5.74) is 1.71. The van der Waals surface area contributed by atoms with Crippen molar-refractivity contribution in [3.05, 3.63) is 30.0 Å². The normalized spacial score (nSPS) is 17.6. The minimum absolute atomic E-state index is 0.0149. The van der Waals surface area contributed by atoms with Crippen LogP contribution in [0, 0.1) is 0 Å². The van der Waals surface area contributed by atoms with E-state index in [2.05, 4.69) is 32.9 Å². The summed E-state index contributed by atoms with van der Waals surface area (Å²) in [5.74, 6) is 1.28. The van der Waals surface area contributed by atoms with Crippen molar-refractivity contribution < 1.29 is 19.1 Å². The number of hydrogen-bond donors (Lipinski definition) is 3. The predicted molar refractivity (Wildman–Crippen MR) is 138 cm³/mol. The van der Waals surface area contributed by atoms with Crippen molar-refractivity contribution in [2.45, 2.75) is 38.3 Å². The van der Waals surface area contributed by atoms with E-state index in [4.69, 9.17) is 14.5 Å². The van der Waals surface area contributed by atoms with Crippen molar-refractivity contribution in [1.82, 2.24) is 20.2 Å². The number of likely N-dealkylation sites (tertiary alicyclic amines) is 1. The van der Waals surface area contributed by atoms with E-state index in [1.54, 1.807) is 38.6 Å². The summed E-state index contributed by atoms with van der Waals surface area (Å²) >= 11 is 0. The molecule has 1 fully saturated rings. The number of benzene rings is 1. The Balaban J connectivity index is 1.52. The van der Waals surface area contributed by atoms with Crippen LogP contribution < -0.4 is 25.6 Å². The number of aromatic nitrogens is 2. The van der Waals surface area contributed by atoms with Gasteiger partial charge in [0.2, 0.25) is 11.9 Å². The molecule has 36 heavy (non-hydrogen) atoms. The first-order chi connectivity index (χ1) is 17.4. The summed E-state index contributed by atoms with van der Waals surface area (Å²) < 4.78 is 10.9. The van der Waals surface area contributed by atoms with Crippen LogP contribution in [0.2, 0.25) is 0 Å². The molecule has 0 radical (unpaired) electrons. The molecule has 1 aromatic carbocycles. The minimum Gasteiger partial charge on any atom is -0.495 e. The maximum absolute atomic E-state index is 12.8. The first kappa shape index (κ1) is 25.6. The van der Waals surface area contributed by atoms with Gasteiger partial charge in [0.15, 0.2) is 5.82 Å². The zero-order chi connectivity index (χ0) is 25.7. The highest BCUT2D eigenvalue weighted by Crippen LogP contribution is 2.32. The van der Waals surface area contributed by atoms with E-state index in [1.165, 1.54) is 0 Å². The molecule has 3 heterocycles. The number of anilines is 4. The highest BCUT2D eigenvalue weighted by molar-refractivity contribution is 5.96. The molecule has 1 unspecified atom stereocenters. The van der Waals surface area contributed by atoms with Crippen LogP contribution in [0.3, 0.4) is 0 Å². The molecule has 2 aliphatic heterocycles. The molecule has 11 nitrogen and oxygen atoms in total. The van der Waals surface area contributed by atoms with Gasteiger partial charge in [-0.3, -0.25) is 9.59 Å². The molecule has 1 atom stereocenters. The lowest BCUT2D eigenvalue weighted by atomic mass is 10.0. The zero-order valence-electron chi connectivity index (χ0n) is 21.3. The molecule has 194 valence electrons. The lowest BCUT2D eigenvalue weighted by molar-refractivity contribution is -0.116. The number of nitrogens with zero attached hydrogens (tertiary/aromatic N) is 4. The number of fused-ring (bicyclic) bond motifs is 1. The number of nitrogens with one attached hydrogen (secondary N) is 3. The number of ether oxygens (including phenoxy) is 2. The van der Waals surface area contributed by atoms with Gasteiger partial charge in [0.25, 0.3) is 5.91 Å². The molecule has 2 aromatic rings. The fourth-order valence-electron chi connectivity index (χ4n) is 4.52. The Kier molecular flexibility index (Phi) is 8.21. The van der Waals surface area contributed by atoms with Gasteiger partial charge in [-0.05, 0) is 58.1 Å². The number of methoxy groups -OCH3 is 2. The quantitative estimate of drug-likeness (QED) is 0.504. The Hall–Kier alpha value is -3.44. The third-order valence-corrected chi connectivity index (χ3v) is 6.60. The Bertz CT molecular complexity index is 1090. The van der Waals surface area contributed by atoms with Crippen LogP contribution in [0.15, 0.2) is 24.4 Å². The Morgan fingerprint density at radius 3 is 2.75 bits per heavy atom. The number of hydrogen-bond acceptors (Lipinski definition) is 9. The highest BCUT2D eigenvalue weighted by Gasteiger charge is 2.26. The number of carbonyl (C=O) groups excluding carboxylic acids is 2. The summed E-state index contributed by atoms with van der Waals surface area (Å²) in [7, 11) is 5.30. The topological polar surface area (TPSA) is 121 Å². The molecule has 0 spiro atoms. The van der Waals surface area contributed by atoms with E-state index in [9.17, 15) is 9.59 Å². The molecule has 0 saturated carbocycles. The third-order valence-electron chi connectivity index (χ3n) is 6.60. The molecule has 1 saturated heterocycles. The van der Waals surface area contributed by atoms with E-state index in [0.29, 0.717) is 54.0 Å². The number of piperidine rings is 1. The summed E-state index contributed by atoms with van der Waals surface area (Å²) in [5, 5.41) is 9.20. The Morgan fingerprint density at radius 1 is 1.25 bits per heavy atom. The van der Waals surface area contributed by atoms with E-state index in [0.717, 1.165) is 25.9 Å². The van der Waals surface area contributed by atoms with Crippen LogP contribution in [0.5, 0.6) is 5.75 Å². The molecule has 3 N–H and O–H groups in total. The first-order valence-electron chi connectivity index (χ1n) is 12.2. The van der Waals surface area contributed by atoms with Crippen LogP contribution in [0.25, 0.3) is 0 Å². The minimum atomic E-state index is -0.116. The fraction of sp³-hybridized carbons (Fsp3) is 0.520. The fourth-order valence-corrected chi connectivity index (χ4v) is 4.52. The van der Waals surface area contributed by atoms with E-state index < -0.39 is 0 Å². The van der Waals surface area contributed by atoms with Crippen molar-refractivity contribution >= 4 is 35.0 Å². The second kappa shape index (κ2) is 11.5. The SMILES string of the molecule is COCC(C)N1CCC(=O)Nc2cnc(Nc3ccc(C(=O)NC4CCN(C)CC4)cc3OC)nc21. The van der Waals surface area contributed by atoms with Gasteiger partial charge in [0.05, 0.1) is 31.6 Å². The lowest BCUT2D eigenvalue weighted by Gasteiger charge is -2.29. The van der Waals surface area contributed by atoms with E-state index in [-0.39, 0.29) is 23.9 Å². The second-order valence-electron chi connectivity index (χ2n) is 9.32. The van der Waals surface area contributed by atoms with Crippen LogP contribution in [-0.2, 0) is 9.53 Å². The van der Waals surface area contributed by atoms with Gasteiger partial charge >= 0.3 is 0 Å². The first-order valence-corrected chi connectivity index (χ1v) is 12.2. The van der Waals surface area contributed by atoms with Crippen molar-refractivity contribution in [1.29, 1.82) is 0 Å². The molecular formula is C25H35N7O4. The molecule has 1 aromatic heterocycles. The van der Waals surface area contributed by atoms with Gasteiger partial charge in [0, 0.05) is 31.7 Å². The standard InChI is InChI=1S/C25H35N7O4/c1-16(15-35-3)32-12-9-22(33)28-20-14-26-25(30-23(20)32)29-19-6-5-17(13-21(19)36-4)24(34)27-18-7-10-31(2)11-8-18/h5-6,13-14,16,18H,7-12,15H2,1-4H3,(H,27,34)(H,28,33)(H,26,29,30). The maximum atomic E-state index is 12.8. The van der Waals surface area contributed by atoms with Crippen LogP contribution >= 0.6 is 0 Å². The van der Waals surface area contributed by atoms with E-state index in [1.807, 2.05) is 11.8 Å². The van der Waals surface area contributed by atoms with Gasteiger partial charge < -0.3 is 35.2 Å². The van der Waals surface area contributed by atoms with Crippen LogP contribution in [0.4, 0.5) is 23.1 Å². The maximum Gasteiger partial charge on any atom is 0.251 e. The number of rotatable bonds is 8. The highest BCUT2D eigenvalue weighted by atomic mass is 16.5. The van der Waals surface area contributed by atoms with Crippen LogP contribution in [-0.4, -0.2) is 86.3 Å². The molecule has 11 heteroatoms. The molecule has 2 aliphatic rings. The molecular weight excluding hydrogens is 462 g/mol. The van der Waals surface area contributed by atoms with Crippen molar-refractivity contribution in [2.24, 2.45) is 0 Å². The Labute approximate surface area is 211 Å².